The van der Waals surface area contributed by atoms with Crippen LogP contribution in [0.25, 0.3) is 0 Å². The second-order valence-corrected chi connectivity index (χ2v) is 17.7. The maximum absolute atomic E-state index is 13.5. The smallest absolute Gasteiger partial charge is 0.139 e. The molecule has 40 heavy (non-hydrogen) atoms. The van der Waals surface area contributed by atoms with E-state index in [4.69, 9.17) is 0 Å². The van der Waals surface area contributed by atoms with Gasteiger partial charge in [0.15, 0.2) is 0 Å². The average Bonchev–Trinajstić information content (AvgIpc) is 3.49. The van der Waals surface area contributed by atoms with E-state index >= 15 is 0 Å². The number of rotatable bonds is 1. The largest absolute Gasteiger partial charge is 0.300 e. The maximum atomic E-state index is 13.5. The lowest BCUT2D eigenvalue weighted by atomic mass is 9.39. The van der Waals surface area contributed by atoms with Gasteiger partial charge < -0.3 is 0 Å². The summed E-state index contributed by atoms with van der Waals surface area (Å²) in [6.07, 6.45) is 24.8. The molecule has 0 amide bonds. The molecular weight excluding hydrogens is 488 g/mol. The Morgan fingerprint density at radius 3 is 2.20 bits per heavy atom. The van der Waals surface area contributed by atoms with Gasteiger partial charge in [-0.25, -0.2) is 0 Å². The van der Waals surface area contributed by atoms with E-state index in [1.165, 1.54) is 77.0 Å². The fraction of sp³-hybridized carbons (Fsp3) is 0.895. The van der Waals surface area contributed by atoms with Crippen molar-refractivity contribution in [3.8, 4) is 0 Å². The van der Waals surface area contributed by atoms with Gasteiger partial charge in [0.25, 0.3) is 0 Å². The van der Waals surface area contributed by atoms with Crippen molar-refractivity contribution < 1.29 is 9.59 Å². The zero-order valence-electron chi connectivity index (χ0n) is 26.1. The number of hydrogen-bond donors (Lipinski definition) is 0. The van der Waals surface area contributed by atoms with Crippen LogP contribution in [0.15, 0.2) is 12.2 Å². The predicted octanol–water partition coefficient (Wildman–Crippen LogP) is 9.22. The molecule has 2 heteroatoms. The monoisotopic (exact) mass is 544 g/mol. The topological polar surface area (TPSA) is 34.1 Å². The summed E-state index contributed by atoms with van der Waals surface area (Å²) in [5.41, 5.74) is 1.09. The molecule has 0 bridgehead atoms. The molecule has 8 aliphatic rings. The minimum atomic E-state index is -0.0425. The average molecular weight is 545 g/mol. The molecule has 0 aromatic carbocycles. The molecule has 0 N–H and O–H groups in total. The van der Waals surface area contributed by atoms with Crippen LogP contribution >= 0.6 is 0 Å². The van der Waals surface area contributed by atoms with Gasteiger partial charge in [-0.2, -0.15) is 0 Å². The lowest BCUT2D eigenvalue weighted by Crippen LogP contribution is -2.60. The van der Waals surface area contributed by atoms with E-state index in [1.807, 2.05) is 0 Å². The highest BCUT2D eigenvalue weighted by atomic mass is 16.1. The zero-order chi connectivity index (χ0) is 27.7. The molecule has 4 unspecified atom stereocenters. The van der Waals surface area contributed by atoms with Crippen LogP contribution in [-0.2, 0) is 9.59 Å². The van der Waals surface area contributed by atoms with Crippen LogP contribution in [0.1, 0.15) is 130 Å². The number of Topliss-reactive ketones (excluding diaryl/α,β-unsaturated/α-hetero) is 2. The van der Waals surface area contributed by atoms with Gasteiger partial charge >= 0.3 is 0 Å². The normalized spacial score (nSPS) is 58.8. The molecule has 0 radical (unpaired) electrons. The van der Waals surface area contributed by atoms with Crippen molar-refractivity contribution in [2.75, 3.05) is 0 Å². The van der Waals surface area contributed by atoms with E-state index in [1.54, 1.807) is 0 Å². The fourth-order valence-electron chi connectivity index (χ4n) is 15.0. The molecule has 8 rings (SSSR count). The Bertz CT molecular complexity index is 1120. The Morgan fingerprint density at radius 1 is 0.650 bits per heavy atom. The molecule has 220 valence electrons. The van der Waals surface area contributed by atoms with Gasteiger partial charge in [-0.05, 0) is 159 Å². The third-order valence-electron chi connectivity index (χ3n) is 17.0. The first-order chi connectivity index (χ1) is 19.1. The molecule has 7 saturated carbocycles. The van der Waals surface area contributed by atoms with Crippen LogP contribution in [0, 0.1) is 80.8 Å². The Kier molecular flexibility index (Phi) is 5.88. The van der Waals surface area contributed by atoms with E-state index in [0.29, 0.717) is 57.4 Å². The maximum Gasteiger partial charge on any atom is 0.139 e. The highest BCUT2D eigenvalue weighted by molar-refractivity contribution is 5.86. The lowest BCUT2D eigenvalue weighted by molar-refractivity contribution is -0.174. The van der Waals surface area contributed by atoms with Crippen LogP contribution in [0.5, 0.6) is 0 Å². The van der Waals surface area contributed by atoms with Crippen molar-refractivity contribution in [3.05, 3.63) is 12.2 Å². The molecule has 2 nitrogen and oxygen atoms in total. The summed E-state index contributed by atoms with van der Waals surface area (Å²) in [6.45, 7) is 10.4. The van der Waals surface area contributed by atoms with Crippen molar-refractivity contribution in [2.45, 2.75) is 130 Å². The van der Waals surface area contributed by atoms with E-state index in [9.17, 15) is 9.59 Å². The van der Waals surface area contributed by atoms with Crippen molar-refractivity contribution in [1.82, 2.24) is 0 Å². The SMILES string of the molecule is C[C@]12C(CC[C@@H]3[C@H]1CC[C@]1(C)C=CC[C@@H]31)CC(=O)CC2C1CC[C@H]2[C@@H]3CCC4CCCC(=O)[C@]4(C)[C@@H]3CC[C@]12C. The number of carbonyl (C=O) groups is 2. The van der Waals surface area contributed by atoms with E-state index in [-0.39, 0.29) is 5.41 Å². The van der Waals surface area contributed by atoms with Crippen LogP contribution in [-0.4, -0.2) is 11.6 Å². The summed E-state index contributed by atoms with van der Waals surface area (Å²) in [5, 5.41) is 0. The third kappa shape index (κ3) is 3.29. The summed E-state index contributed by atoms with van der Waals surface area (Å²) in [4.78, 5) is 27.0. The van der Waals surface area contributed by atoms with Crippen LogP contribution in [0.3, 0.4) is 0 Å². The highest BCUT2D eigenvalue weighted by Gasteiger charge is 2.67. The molecule has 8 aliphatic carbocycles. The Morgan fingerprint density at radius 2 is 1.38 bits per heavy atom. The molecule has 0 spiro atoms. The Labute approximate surface area is 244 Å². The molecule has 0 saturated heterocycles. The van der Waals surface area contributed by atoms with Gasteiger partial charge in [-0.15, -0.1) is 0 Å². The first-order valence-electron chi connectivity index (χ1n) is 17.8. The highest BCUT2D eigenvalue weighted by Crippen LogP contribution is 2.73. The van der Waals surface area contributed by atoms with Crippen molar-refractivity contribution in [3.63, 3.8) is 0 Å². The van der Waals surface area contributed by atoms with E-state index in [0.717, 1.165) is 55.3 Å². The fourth-order valence-corrected chi connectivity index (χ4v) is 15.0. The molecule has 0 aromatic heterocycles. The number of fused-ring (bicyclic) bond motifs is 10. The summed E-state index contributed by atoms with van der Waals surface area (Å²) >= 11 is 0. The quantitative estimate of drug-likeness (QED) is 0.308. The second kappa shape index (κ2) is 8.81. The molecule has 0 aromatic rings. The van der Waals surface area contributed by atoms with Crippen molar-refractivity contribution in [1.29, 1.82) is 0 Å². The van der Waals surface area contributed by atoms with E-state index < -0.39 is 0 Å². The van der Waals surface area contributed by atoms with Crippen LogP contribution in [0.4, 0.5) is 0 Å². The first-order valence-corrected chi connectivity index (χ1v) is 17.8. The van der Waals surface area contributed by atoms with Crippen LogP contribution in [0.2, 0.25) is 0 Å². The van der Waals surface area contributed by atoms with Gasteiger partial charge in [0, 0.05) is 24.7 Å². The molecule has 14 atom stereocenters. The van der Waals surface area contributed by atoms with E-state index in [2.05, 4.69) is 39.8 Å². The third-order valence-corrected chi connectivity index (χ3v) is 17.0. The van der Waals surface area contributed by atoms with Gasteiger partial charge in [0.2, 0.25) is 0 Å². The number of ketones is 2. The first kappa shape index (κ1) is 26.7. The predicted molar refractivity (Wildman–Crippen MR) is 160 cm³/mol. The Hall–Kier alpha value is -0.920. The number of allylic oxidation sites excluding steroid dienone is 2. The minimum absolute atomic E-state index is 0.0425. The van der Waals surface area contributed by atoms with Gasteiger partial charge in [0.1, 0.15) is 11.6 Å². The molecular formula is C38H56O2. The van der Waals surface area contributed by atoms with Crippen molar-refractivity contribution >= 4 is 11.6 Å². The zero-order valence-corrected chi connectivity index (χ0v) is 26.1. The van der Waals surface area contributed by atoms with Gasteiger partial charge in [0.05, 0.1) is 0 Å². The van der Waals surface area contributed by atoms with Gasteiger partial charge in [-0.3, -0.25) is 9.59 Å². The number of carbonyl (C=O) groups excluding carboxylic acids is 2. The summed E-state index contributed by atoms with van der Waals surface area (Å²) in [5.74, 6) is 8.42. The summed E-state index contributed by atoms with van der Waals surface area (Å²) in [7, 11) is 0. The standard InChI is InChI=1S/C38H56O2/c1-35-18-6-8-28(35)26-13-11-24-21-25(39)22-33(37(24,3)30(26)16-19-35)32-15-14-29-27-12-10-23-7-5-9-34(40)38(23,4)31(27)17-20-36(29,32)2/h6,18,23-24,26-33H,5,7-17,19-22H2,1-4H3/t23?,24?,26-,27-,28-,29-,30+,31+,32?,33?,35-,36-,37-,38-/m0/s1. The summed E-state index contributed by atoms with van der Waals surface area (Å²) in [6, 6.07) is 0. The molecule has 7 fully saturated rings. The lowest BCUT2D eigenvalue weighted by Gasteiger charge is -2.65. The Balaban J connectivity index is 1.12. The summed E-state index contributed by atoms with van der Waals surface area (Å²) < 4.78 is 0. The van der Waals surface area contributed by atoms with Crippen molar-refractivity contribution in [2.24, 2.45) is 80.8 Å². The number of hydrogen-bond acceptors (Lipinski definition) is 2. The molecule has 0 aliphatic heterocycles. The second-order valence-electron chi connectivity index (χ2n) is 17.7. The minimum Gasteiger partial charge on any atom is -0.300 e. The molecule has 0 heterocycles. The van der Waals surface area contributed by atoms with Gasteiger partial charge in [-0.1, -0.05) is 39.8 Å². The van der Waals surface area contributed by atoms with Crippen LogP contribution < -0.4 is 0 Å².